The molecule has 1 atom stereocenters. The van der Waals surface area contributed by atoms with Crippen molar-refractivity contribution in [2.45, 2.75) is 24.7 Å². The number of carbonyl (C=O) groups excluding carboxylic acids is 1. The van der Waals surface area contributed by atoms with Gasteiger partial charge in [0, 0.05) is 18.7 Å². The molecular weight excluding hydrogens is 444 g/mol. The van der Waals surface area contributed by atoms with E-state index in [1.165, 1.54) is 6.07 Å². The maximum Gasteiger partial charge on any atom is 0.432 e. The van der Waals surface area contributed by atoms with Crippen LogP contribution in [0.25, 0.3) is 5.65 Å². The number of alkyl halides is 6. The van der Waals surface area contributed by atoms with E-state index in [4.69, 9.17) is 11.6 Å². The molecule has 0 saturated carbocycles. The number of halogens is 7. The van der Waals surface area contributed by atoms with Crippen LogP contribution in [0.3, 0.4) is 0 Å². The highest BCUT2D eigenvalue weighted by Gasteiger charge is 2.60. The topological polar surface area (TPSA) is 91.2 Å². The number of rotatable bonds is 1. The van der Waals surface area contributed by atoms with E-state index >= 15 is 0 Å². The summed E-state index contributed by atoms with van der Waals surface area (Å²) in [6.45, 7) is 0.0247. The van der Waals surface area contributed by atoms with Gasteiger partial charge in [0.1, 0.15) is 11.1 Å². The first kappa shape index (κ1) is 20.3. The van der Waals surface area contributed by atoms with Crippen molar-refractivity contribution in [3.8, 4) is 0 Å². The molecule has 0 aromatic carbocycles. The summed E-state index contributed by atoms with van der Waals surface area (Å²) in [5, 5.41) is 10.8. The van der Waals surface area contributed by atoms with Gasteiger partial charge in [0.2, 0.25) is 0 Å². The number of urea groups is 1. The highest BCUT2D eigenvalue weighted by Crippen LogP contribution is 2.50. The second-order valence-electron chi connectivity index (χ2n) is 6.74. The van der Waals surface area contributed by atoms with Crippen molar-refractivity contribution in [3.05, 3.63) is 34.9 Å². The van der Waals surface area contributed by atoms with E-state index < -0.39 is 41.9 Å². The number of aromatic amines is 1. The molecule has 4 heterocycles. The fourth-order valence-electron chi connectivity index (χ4n) is 3.20. The molecular formula is C15H10ClF6N7O. The number of fused-ring (bicyclic) bond motifs is 3. The van der Waals surface area contributed by atoms with Crippen molar-refractivity contribution in [1.82, 2.24) is 24.8 Å². The first-order chi connectivity index (χ1) is 13.8. The van der Waals surface area contributed by atoms with Crippen molar-refractivity contribution < 1.29 is 31.1 Å². The average Bonchev–Trinajstić information content (AvgIpc) is 3.29. The summed E-state index contributed by atoms with van der Waals surface area (Å²) in [5.41, 5.74) is -4.32. The van der Waals surface area contributed by atoms with E-state index in [1.807, 2.05) is 0 Å². The Labute approximate surface area is 167 Å². The number of carbonyl (C=O) groups is 1. The van der Waals surface area contributed by atoms with Crippen molar-refractivity contribution in [1.29, 1.82) is 0 Å². The Hall–Kier alpha value is -3.03. The minimum atomic E-state index is -4.79. The molecule has 160 valence electrons. The highest BCUT2D eigenvalue weighted by atomic mass is 35.5. The number of nitrogens with zero attached hydrogens (tertiary/aromatic N) is 5. The first-order valence-electron chi connectivity index (χ1n) is 8.14. The molecule has 3 aromatic rings. The van der Waals surface area contributed by atoms with Crippen LogP contribution in [0.2, 0.25) is 5.15 Å². The molecule has 0 unspecified atom stereocenters. The molecule has 15 heteroatoms. The Morgan fingerprint density at radius 2 is 1.97 bits per heavy atom. The summed E-state index contributed by atoms with van der Waals surface area (Å²) in [4.78, 5) is 17.3. The van der Waals surface area contributed by atoms with Gasteiger partial charge < -0.3 is 0 Å². The molecule has 8 nitrogen and oxygen atoms in total. The van der Waals surface area contributed by atoms with Crippen molar-refractivity contribution in [2.75, 3.05) is 16.8 Å². The van der Waals surface area contributed by atoms with Gasteiger partial charge in [-0.2, -0.15) is 36.5 Å². The Bertz CT molecular complexity index is 1150. The standard InChI is InChI=1S/C15H10ClF6N7O/c1-13(15(20,21)22)5-28(6-4-23-10-3-8(16)27-29(10)11(6)13)12(30)24-9-2-7(25-26-9)14(17,18)19/h2-4H,5H2,1H3,(H2,24,25,26,30)/t13-/m1/s1. The Kier molecular flexibility index (Phi) is 4.21. The largest absolute Gasteiger partial charge is 0.432 e. The zero-order chi connectivity index (χ0) is 22.1. The Balaban J connectivity index is 1.75. The Morgan fingerprint density at radius 3 is 2.57 bits per heavy atom. The number of H-pyrrole nitrogens is 1. The molecule has 1 aliphatic heterocycles. The monoisotopic (exact) mass is 453 g/mol. The molecule has 2 N–H and O–H groups in total. The second kappa shape index (κ2) is 6.23. The average molecular weight is 454 g/mol. The van der Waals surface area contributed by atoms with E-state index in [9.17, 15) is 31.1 Å². The normalized spacial score (nSPS) is 19.4. The fourth-order valence-corrected chi connectivity index (χ4v) is 3.37. The van der Waals surface area contributed by atoms with Crippen molar-refractivity contribution in [2.24, 2.45) is 0 Å². The van der Waals surface area contributed by atoms with Gasteiger partial charge in [-0.05, 0) is 6.92 Å². The summed E-state index contributed by atoms with van der Waals surface area (Å²) in [6, 6.07) is 0.653. The van der Waals surface area contributed by atoms with E-state index in [-0.39, 0.29) is 22.2 Å². The van der Waals surface area contributed by atoms with Crippen LogP contribution in [0.4, 0.5) is 42.6 Å². The molecule has 2 amide bonds. The number of hydrogen-bond acceptors (Lipinski definition) is 4. The van der Waals surface area contributed by atoms with Gasteiger partial charge in [0.25, 0.3) is 0 Å². The second-order valence-corrected chi connectivity index (χ2v) is 7.13. The third kappa shape index (κ3) is 3.02. The molecule has 4 rings (SSSR count). The van der Waals surface area contributed by atoms with Crippen LogP contribution in [0, 0.1) is 0 Å². The van der Waals surface area contributed by atoms with E-state index in [1.54, 1.807) is 5.10 Å². The highest BCUT2D eigenvalue weighted by molar-refractivity contribution is 6.29. The maximum absolute atomic E-state index is 14.0. The lowest BCUT2D eigenvalue weighted by molar-refractivity contribution is -0.181. The minimum Gasteiger partial charge on any atom is -0.290 e. The molecule has 1 aliphatic rings. The molecule has 0 radical (unpaired) electrons. The fraction of sp³-hybridized carbons (Fsp3) is 0.333. The smallest absolute Gasteiger partial charge is 0.290 e. The zero-order valence-electron chi connectivity index (χ0n) is 14.7. The van der Waals surface area contributed by atoms with Gasteiger partial charge in [-0.1, -0.05) is 11.6 Å². The quantitative estimate of drug-likeness (QED) is 0.545. The lowest BCUT2D eigenvalue weighted by Gasteiger charge is -2.28. The SMILES string of the molecule is C[C@@]1(C(F)(F)F)CN(C(=O)Nc2cc(C(F)(F)F)[nH]n2)c2cnc3cc(Cl)nn3c21. The number of anilines is 2. The summed E-state index contributed by atoms with van der Waals surface area (Å²) in [6.07, 6.45) is -8.48. The Morgan fingerprint density at radius 1 is 1.27 bits per heavy atom. The molecule has 0 spiro atoms. The zero-order valence-corrected chi connectivity index (χ0v) is 15.5. The summed E-state index contributed by atoms with van der Waals surface area (Å²) in [7, 11) is 0. The molecule has 3 aromatic heterocycles. The third-order valence-corrected chi connectivity index (χ3v) is 4.90. The van der Waals surface area contributed by atoms with E-state index in [0.29, 0.717) is 11.0 Å². The van der Waals surface area contributed by atoms with Gasteiger partial charge in [-0.15, -0.1) is 0 Å². The minimum absolute atomic E-state index is 0.0404. The third-order valence-electron chi connectivity index (χ3n) is 4.71. The summed E-state index contributed by atoms with van der Waals surface area (Å²) >= 11 is 5.79. The summed E-state index contributed by atoms with van der Waals surface area (Å²) in [5.74, 6) is -0.509. The van der Waals surface area contributed by atoms with Gasteiger partial charge in [0.05, 0.1) is 17.6 Å². The number of aromatic nitrogens is 5. The van der Waals surface area contributed by atoms with Gasteiger partial charge in [-0.3, -0.25) is 15.3 Å². The predicted molar refractivity (Wildman–Crippen MR) is 91.4 cm³/mol. The van der Waals surface area contributed by atoms with Crippen molar-refractivity contribution in [3.63, 3.8) is 0 Å². The van der Waals surface area contributed by atoms with Crippen LogP contribution >= 0.6 is 11.6 Å². The van der Waals surface area contributed by atoms with Gasteiger partial charge in [-0.25, -0.2) is 14.3 Å². The van der Waals surface area contributed by atoms with E-state index in [0.717, 1.165) is 17.6 Å². The molecule has 0 bridgehead atoms. The first-order valence-corrected chi connectivity index (χ1v) is 8.52. The molecule has 0 aliphatic carbocycles. The van der Waals surface area contributed by atoms with Gasteiger partial charge in [0.15, 0.2) is 16.6 Å². The lowest BCUT2D eigenvalue weighted by Crippen LogP contribution is -2.46. The lowest BCUT2D eigenvalue weighted by atomic mass is 9.88. The van der Waals surface area contributed by atoms with Crippen LogP contribution < -0.4 is 10.2 Å². The van der Waals surface area contributed by atoms with Crippen LogP contribution in [-0.2, 0) is 11.6 Å². The van der Waals surface area contributed by atoms with E-state index in [2.05, 4.69) is 20.5 Å². The molecule has 0 saturated heterocycles. The van der Waals surface area contributed by atoms with Crippen molar-refractivity contribution >= 4 is 34.8 Å². The number of hydrogen-bond donors (Lipinski definition) is 2. The maximum atomic E-state index is 14.0. The number of amides is 2. The van der Waals surface area contributed by atoms with Crippen LogP contribution in [-0.4, -0.2) is 43.5 Å². The predicted octanol–water partition coefficient (Wildman–Crippen LogP) is 4.00. The molecule has 0 fully saturated rings. The van der Waals surface area contributed by atoms with Crippen LogP contribution in [0.15, 0.2) is 18.3 Å². The van der Waals surface area contributed by atoms with Crippen LogP contribution in [0.1, 0.15) is 18.3 Å². The number of nitrogens with one attached hydrogen (secondary N) is 2. The molecule has 30 heavy (non-hydrogen) atoms. The van der Waals surface area contributed by atoms with Crippen LogP contribution in [0.5, 0.6) is 0 Å². The van der Waals surface area contributed by atoms with Gasteiger partial charge >= 0.3 is 18.4 Å². The summed E-state index contributed by atoms with van der Waals surface area (Å²) < 4.78 is 80.8.